The van der Waals surface area contributed by atoms with Gasteiger partial charge in [-0.25, -0.2) is 4.79 Å². The Bertz CT molecular complexity index is 1030. The van der Waals surface area contributed by atoms with Crippen molar-refractivity contribution in [1.82, 2.24) is 0 Å². The maximum Gasteiger partial charge on any atom is 0.460 e. The molecule has 2 nitrogen and oxygen atoms in total. The Morgan fingerprint density at radius 2 is 0.757 bits per heavy atom. The van der Waals surface area contributed by atoms with Crippen molar-refractivity contribution in [1.29, 1.82) is 0 Å². The van der Waals surface area contributed by atoms with Gasteiger partial charge in [0.2, 0.25) is 6.08 Å². The quantitative estimate of drug-likeness (QED) is 0.165. The minimum atomic E-state index is -8.97. The molecule has 0 heterocycles. The zero-order valence-electron chi connectivity index (χ0n) is 16.3. The van der Waals surface area contributed by atoms with Crippen LogP contribution in [0.1, 0.15) is 5.56 Å². The number of carbonyl (C=O) groups excluding carboxylic acids is 1. The lowest BCUT2D eigenvalue weighted by atomic mass is 9.86. The van der Waals surface area contributed by atoms with E-state index in [2.05, 4.69) is 4.99 Å². The number of alkyl halides is 19. The van der Waals surface area contributed by atoms with Crippen LogP contribution in [0.25, 0.3) is 0 Å². The van der Waals surface area contributed by atoms with Gasteiger partial charge in [-0.1, -0.05) is 12.1 Å². The Balaban J connectivity index is 3.75. The van der Waals surface area contributed by atoms with Gasteiger partial charge in [-0.3, -0.25) is 0 Å². The fraction of sp³-hybridized carbons (Fsp3) is 0.562. The highest BCUT2D eigenvalue weighted by Gasteiger charge is 2.96. The molecule has 0 amide bonds. The van der Waals surface area contributed by atoms with E-state index in [9.17, 15) is 88.2 Å². The molecule has 21 heteroatoms. The van der Waals surface area contributed by atoms with Crippen molar-refractivity contribution in [2.45, 2.75) is 53.6 Å². The summed E-state index contributed by atoms with van der Waals surface area (Å²) in [6.45, 7) is 0. The van der Waals surface area contributed by atoms with E-state index in [1.807, 2.05) is 0 Å². The van der Waals surface area contributed by atoms with E-state index in [4.69, 9.17) is 0 Å². The molecule has 212 valence electrons. The van der Waals surface area contributed by atoms with Crippen LogP contribution in [-0.2, 0) is 10.7 Å². The molecule has 0 spiro atoms. The lowest BCUT2D eigenvalue weighted by molar-refractivity contribution is -0.469. The van der Waals surface area contributed by atoms with E-state index >= 15 is 0 Å². The van der Waals surface area contributed by atoms with Gasteiger partial charge in [-0.2, -0.15) is 88.4 Å². The van der Waals surface area contributed by atoms with Crippen LogP contribution in [0.3, 0.4) is 0 Å². The summed E-state index contributed by atoms with van der Waals surface area (Å²) < 4.78 is 252. The van der Waals surface area contributed by atoms with Gasteiger partial charge in [0.25, 0.3) is 0 Å². The number of isocyanates is 1. The third kappa shape index (κ3) is 4.18. The maximum atomic E-state index is 14.0. The summed E-state index contributed by atoms with van der Waals surface area (Å²) in [4.78, 5) is 12.7. The molecule has 0 radical (unpaired) electrons. The summed E-state index contributed by atoms with van der Waals surface area (Å²) in [5.74, 6) is -67.1. The molecule has 0 aliphatic carbocycles. The van der Waals surface area contributed by atoms with Gasteiger partial charge in [0.15, 0.2) is 0 Å². The van der Waals surface area contributed by atoms with Crippen LogP contribution in [-0.4, -0.2) is 53.7 Å². The molecular formula is C16H4F19NO. The third-order valence-electron chi connectivity index (χ3n) is 4.52. The second-order valence-electron chi connectivity index (χ2n) is 6.84. The summed E-state index contributed by atoms with van der Waals surface area (Å²) in [5.41, 5.74) is -3.21. The topological polar surface area (TPSA) is 29.4 Å². The highest BCUT2D eigenvalue weighted by atomic mass is 19.4. The highest BCUT2D eigenvalue weighted by molar-refractivity contribution is 5.49. The highest BCUT2D eigenvalue weighted by Crippen LogP contribution is 2.66. The Morgan fingerprint density at radius 1 is 0.459 bits per heavy atom. The van der Waals surface area contributed by atoms with Crippen LogP contribution in [0.15, 0.2) is 29.3 Å². The van der Waals surface area contributed by atoms with Crippen molar-refractivity contribution in [3.05, 3.63) is 29.8 Å². The van der Waals surface area contributed by atoms with Crippen molar-refractivity contribution in [2.75, 3.05) is 0 Å². The zero-order valence-corrected chi connectivity index (χ0v) is 16.3. The van der Waals surface area contributed by atoms with Gasteiger partial charge in [0.1, 0.15) is 0 Å². The van der Waals surface area contributed by atoms with Crippen LogP contribution >= 0.6 is 0 Å². The molecule has 0 aliphatic rings. The monoisotopic (exact) mass is 587 g/mol. The van der Waals surface area contributed by atoms with Gasteiger partial charge >= 0.3 is 53.6 Å². The first-order valence-corrected chi connectivity index (χ1v) is 8.31. The van der Waals surface area contributed by atoms with Crippen molar-refractivity contribution in [2.24, 2.45) is 4.99 Å². The van der Waals surface area contributed by atoms with E-state index in [0.29, 0.717) is 0 Å². The molecule has 0 aliphatic heterocycles. The number of rotatable bonds is 9. The number of hydrogen-bond donors (Lipinski definition) is 0. The number of benzene rings is 1. The van der Waals surface area contributed by atoms with E-state index < -0.39 is 64.8 Å². The van der Waals surface area contributed by atoms with Crippen LogP contribution in [0, 0.1) is 0 Å². The van der Waals surface area contributed by atoms with Gasteiger partial charge in [0.05, 0.1) is 5.69 Å². The number of aliphatic imine (C=N–C) groups is 1. The predicted molar refractivity (Wildman–Crippen MR) is 78.8 cm³/mol. The summed E-state index contributed by atoms with van der Waals surface area (Å²) in [5, 5.41) is 0. The first kappa shape index (κ1) is 32.3. The fourth-order valence-corrected chi connectivity index (χ4v) is 2.34. The molecule has 0 unspecified atom stereocenters. The molecule has 1 rings (SSSR count). The molecule has 0 bridgehead atoms. The molecular weight excluding hydrogens is 583 g/mol. The Morgan fingerprint density at radius 3 is 1.05 bits per heavy atom. The van der Waals surface area contributed by atoms with E-state index in [0.717, 1.165) is 6.08 Å². The lowest BCUT2D eigenvalue weighted by Gasteiger charge is -2.43. The van der Waals surface area contributed by atoms with Crippen molar-refractivity contribution < 1.29 is 88.2 Å². The lowest BCUT2D eigenvalue weighted by Crippen LogP contribution is -2.75. The third-order valence-corrected chi connectivity index (χ3v) is 4.52. The molecule has 37 heavy (non-hydrogen) atoms. The average Bonchev–Trinajstić information content (AvgIpc) is 2.72. The standard InChI is InChI=1S/C16H4F19NO/c17-8(18,6-1-3-7(4-2-6)36-5-37)9(19,20)10(21,22)11(23,24)12(25,26)13(27,28)14(29,30)15(31,32)16(33,34)35/h1-4H. The number of halogens is 19. The first-order chi connectivity index (χ1) is 16.0. The maximum absolute atomic E-state index is 14.0. The minimum Gasteiger partial charge on any atom is -0.211 e. The first-order valence-electron chi connectivity index (χ1n) is 8.31. The van der Waals surface area contributed by atoms with Crippen molar-refractivity contribution in [3.63, 3.8) is 0 Å². The zero-order chi connectivity index (χ0) is 29.9. The van der Waals surface area contributed by atoms with E-state index in [1.54, 1.807) is 0 Å². The van der Waals surface area contributed by atoms with E-state index in [1.165, 1.54) is 0 Å². The van der Waals surface area contributed by atoms with Crippen molar-refractivity contribution in [3.8, 4) is 0 Å². The Hall–Kier alpha value is -2.73. The van der Waals surface area contributed by atoms with Crippen LogP contribution < -0.4 is 0 Å². The Kier molecular flexibility index (Phi) is 7.56. The summed E-state index contributed by atoms with van der Waals surface area (Å²) >= 11 is 0. The summed E-state index contributed by atoms with van der Waals surface area (Å²) in [6, 6.07) is -0.460. The average molecular weight is 587 g/mol. The largest absolute Gasteiger partial charge is 0.460 e. The normalized spacial score (nSPS) is 15.4. The summed E-state index contributed by atoms with van der Waals surface area (Å²) in [7, 11) is 0. The number of nitrogens with zero attached hydrogens (tertiary/aromatic N) is 1. The molecule has 0 aromatic heterocycles. The predicted octanol–water partition coefficient (Wildman–Crippen LogP) is 7.76. The van der Waals surface area contributed by atoms with Crippen LogP contribution in [0.2, 0.25) is 0 Å². The van der Waals surface area contributed by atoms with E-state index in [-0.39, 0.29) is 24.3 Å². The van der Waals surface area contributed by atoms with Gasteiger partial charge in [0, 0.05) is 5.56 Å². The number of hydrogen-bond acceptors (Lipinski definition) is 2. The second kappa shape index (κ2) is 8.65. The molecule has 0 saturated carbocycles. The summed E-state index contributed by atoms with van der Waals surface area (Å²) in [6.07, 6.45) is -7.17. The molecule has 1 aromatic carbocycles. The van der Waals surface area contributed by atoms with Crippen LogP contribution in [0.4, 0.5) is 89.1 Å². The minimum absolute atomic E-state index is 0.128. The molecule has 0 atom stereocenters. The second-order valence-corrected chi connectivity index (χ2v) is 6.84. The molecule has 0 saturated heterocycles. The molecule has 0 N–H and O–H groups in total. The van der Waals surface area contributed by atoms with Crippen molar-refractivity contribution >= 4 is 11.8 Å². The SMILES string of the molecule is O=C=Nc1ccc(C(F)(F)C(F)(F)C(F)(F)C(F)(F)C(F)(F)C(F)(F)C(F)(F)C(F)(F)C(F)(F)F)cc1. The fourth-order valence-electron chi connectivity index (χ4n) is 2.34. The smallest absolute Gasteiger partial charge is 0.211 e. The van der Waals surface area contributed by atoms with Gasteiger partial charge in [-0.15, -0.1) is 0 Å². The molecule has 0 fully saturated rings. The Labute approximate surface area is 189 Å². The van der Waals surface area contributed by atoms with Gasteiger partial charge in [-0.05, 0) is 12.1 Å². The molecule has 1 aromatic rings. The van der Waals surface area contributed by atoms with Gasteiger partial charge < -0.3 is 0 Å². The van der Waals surface area contributed by atoms with Crippen LogP contribution in [0.5, 0.6) is 0 Å².